The van der Waals surface area contributed by atoms with Gasteiger partial charge in [0.25, 0.3) is 5.91 Å². The summed E-state index contributed by atoms with van der Waals surface area (Å²) in [7, 11) is 0. The summed E-state index contributed by atoms with van der Waals surface area (Å²) in [6.07, 6.45) is 0. The molecule has 156 valence electrons. The number of carboxylic acid groups (broad SMARTS) is 1. The van der Waals surface area contributed by atoms with E-state index in [1.54, 1.807) is 30.3 Å². The zero-order valence-corrected chi connectivity index (χ0v) is 17.7. The fourth-order valence-electron chi connectivity index (χ4n) is 2.83. The molecule has 1 amide bonds. The van der Waals surface area contributed by atoms with Crippen molar-refractivity contribution in [3.8, 4) is 11.8 Å². The van der Waals surface area contributed by atoms with Gasteiger partial charge in [0.15, 0.2) is 0 Å². The Morgan fingerprint density at radius 1 is 0.839 bits per heavy atom. The van der Waals surface area contributed by atoms with Crippen LogP contribution in [0.15, 0.2) is 72.8 Å². The van der Waals surface area contributed by atoms with Crippen LogP contribution in [0.2, 0.25) is 0 Å². The van der Waals surface area contributed by atoms with Crippen LogP contribution in [-0.4, -0.2) is 17.0 Å². The molecule has 0 aliphatic heterocycles. The number of anilines is 3. The highest BCUT2D eigenvalue weighted by Crippen LogP contribution is 2.25. The first-order valence-corrected chi connectivity index (χ1v) is 9.86. The van der Waals surface area contributed by atoms with Crippen molar-refractivity contribution in [3.63, 3.8) is 0 Å². The highest BCUT2D eigenvalue weighted by Gasteiger charge is 2.16. The van der Waals surface area contributed by atoms with Crippen LogP contribution in [-0.2, 0) is 0 Å². The lowest BCUT2D eigenvalue weighted by Gasteiger charge is -2.14. The maximum Gasteiger partial charge on any atom is 0.337 e. The highest BCUT2D eigenvalue weighted by molar-refractivity contribution is 6.11. The summed E-state index contributed by atoms with van der Waals surface area (Å²) in [4.78, 5) is 24.5. The fourth-order valence-corrected chi connectivity index (χ4v) is 2.83. The van der Waals surface area contributed by atoms with E-state index in [9.17, 15) is 14.7 Å². The monoisotopic (exact) mass is 412 g/mol. The molecule has 5 heteroatoms. The lowest BCUT2D eigenvalue weighted by atomic mass is 9.97. The van der Waals surface area contributed by atoms with Crippen molar-refractivity contribution in [2.75, 3.05) is 10.6 Å². The fraction of sp³-hybridized carbons (Fsp3) is 0.154. The van der Waals surface area contributed by atoms with Gasteiger partial charge in [0.2, 0.25) is 0 Å². The molecule has 0 bridgehead atoms. The molecule has 3 N–H and O–H groups in total. The molecule has 0 radical (unpaired) electrons. The van der Waals surface area contributed by atoms with Crippen molar-refractivity contribution in [2.24, 2.45) is 5.41 Å². The van der Waals surface area contributed by atoms with E-state index < -0.39 is 11.9 Å². The molecular formula is C26H24N2O3. The van der Waals surface area contributed by atoms with Gasteiger partial charge in [0.05, 0.1) is 22.5 Å². The van der Waals surface area contributed by atoms with Gasteiger partial charge >= 0.3 is 5.97 Å². The van der Waals surface area contributed by atoms with Gasteiger partial charge in [-0.1, -0.05) is 42.2 Å². The minimum absolute atomic E-state index is 0.0288. The Hall–Kier alpha value is -4.04. The number of amides is 1. The van der Waals surface area contributed by atoms with Gasteiger partial charge in [-0.05, 0) is 63.2 Å². The number of hydrogen-bond donors (Lipinski definition) is 3. The number of benzene rings is 3. The Morgan fingerprint density at radius 3 is 2.19 bits per heavy atom. The van der Waals surface area contributed by atoms with Gasteiger partial charge in [-0.2, -0.15) is 0 Å². The van der Waals surface area contributed by atoms with Crippen molar-refractivity contribution < 1.29 is 14.7 Å². The lowest BCUT2D eigenvalue weighted by molar-refractivity contribution is 0.0698. The van der Waals surface area contributed by atoms with Gasteiger partial charge in [-0.3, -0.25) is 4.79 Å². The second kappa shape index (κ2) is 9.19. The zero-order valence-electron chi connectivity index (χ0n) is 17.7. The summed E-state index contributed by atoms with van der Waals surface area (Å²) in [5.41, 5.74) is 2.68. The molecule has 3 rings (SSSR count). The molecule has 3 aromatic rings. The van der Waals surface area contributed by atoms with Gasteiger partial charge in [-0.15, -0.1) is 0 Å². The highest BCUT2D eigenvalue weighted by atomic mass is 16.4. The van der Waals surface area contributed by atoms with Gasteiger partial charge in [0.1, 0.15) is 0 Å². The third-order valence-corrected chi connectivity index (χ3v) is 4.30. The molecule has 0 unspecified atom stereocenters. The Bertz CT molecular complexity index is 1170. The average molecular weight is 412 g/mol. The molecule has 3 aromatic carbocycles. The molecule has 0 spiro atoms. The van der Waals surface area contributed by atoms with E-state index >= 15 is 0 Å². The number of rotatable bonds is 5. The second-order valence-electron chi connectivity index (χ2n) is 8.06. The molecule has 0 atom stereocenters. The summed E-state index contributed by atoms with van der Waals surface area (Å²) < 4.78 is 0. The molecule has 0 saturated heterocycles. The third-order valence-electron chi connectivity index (χ3n) is 4.30. The van der Waals surface area contributed by atoms with Crippen LogP contribution >= 0.6 is 0 Å². The third kappa shape index (κ3) is 5.97. The van der Waals surface area contributed by atoms with Crippen LogP contribution in [0.1, 0.15) is 47.1 Å². The first kappa shape index (κ1) is 21.7. The summed E-state index contributed by atoms with van der Waals surface area (Å²) in [6.45, 7) is 6.10. The second-order valence-corrected chi connectivity index (χ2v) is 8.06. The van der Waals surface area contributed by atoms with Crippen molar-refractivity contribution in [1.82, 2.24) is 0 Å². The number of aromatic carboxylic acids is 1. The van der Waals surface area contributed by atoms with Crippen LogP contribution in [0, 0.1) is 17.3 Å². The molecule has 0 aliphatic rings. The van der Waals surface area contributed by atoms with E-state index in [4.69, 9.17) is 0 Å². The minimum Gasteiger partial charge on any atom is -0.478 e. The molecular weight excluding hydrogens is 388 g/mol. The van der Waals surface area contributed by atoms with Crippen molar-refractivity contribution in [3.05, 3.63) is 89.5 Å². The summed E-state index contributed by atoms with van der Waals surface area (Å²) in [5.74, 6) is 4.83. The maximum absolute atomic E-state index is 13.0. The molecule has 0 aliphatic carbocycles. The maximum atomic E-state index is 13.0. The molecule has 31 heavy (non-hydrogen) atoms. The molecule has 0 aromatic heterocycles. The smallest absolute Gasteiger partial charge is 0.337 e. The minimum atomic E-state index is -1.11. The quantitative estimate of drug-likeness (QED) is 0.464. The molecule has 0 heterocycles. The predicted octanol–water partition coefficient (Wildman–Crippen LogP) is 5.78. The first-order valence-electron chi connectivity index (χ1n) is 9.86. The van der Waals surface area contributed by atoms with E-state index in [1.165, 1.54) is 6.07 Å². The lowest BCUT2D eigenvalue weighted by Crippen LogP contribution is -2.16. The van der Waals surface area contributed by atoms with E-state index in [1.807, 2.05) is 57.2 Å². The van der Waals surface area contributed by atoms with Crippen molar-refractivity contribution in [2.45, 2.75) is 20.8 Å². The van der Waals surface area contributed by atoms with Crippen molar-refractivity contribution >= 4 is 28.9 Å². The Morgan fingerprint density at radius 2 is 1.52 bits per heavy atom. The molecule has 0 saturated carbocycles. The largest absolute Gasteiger partial charge is 0.478 e. The van der Waals surface area contributed by atoms with Crippen LogP contribution in [0.5, 0.6) is 0 Å². The van der Waals surface area contributed by atoms with E-state index in [-0.39, 0.29) is 16.7 Å². The van der Waals surface area contributed by atoms with Gasteiger partial charge in [0, 0.05) is 16.7 Å². The number of nitrogens with one attached hydrogen (secondary N) is 2. The van der Waals surface area contributed by atoms with Gasteiger partial charge < -0.3 is 15.7 Å². The SMILES string of the molecule is CC(C)(C)C#Cc1ccc(C(=O)Nc2ccccc2C(=O)O)c(Nc2ccccc2)c1. The number of carbonyl (C=O) groups excluding carboxylic acids is 1. The number of carbonyl (C=O) groups is 2. The van der Waals surface area contributed by atoms with Crippen LogP contribution in [0.3, 0.4) is 0 Å². The molecule has 0 fully saturated rings. The first-order chi connectivity index (χ1) is 14.7. The Balaban J connectivity index is 1.99. The summed E-state index contributed by atoms with van der Waals surface area (Å²) in [6, 6.07) is 21.1. The number of hydrogen-bond acceptors (Lipinski definition) is 3. The standard InChI is InChI=1S/C26H24N2O3/c1-26(2,3)16-15-18-13-14-20(23(17-18)27-19-9-5-4-6-10-19)24(29)28-22-12-8-7-11-21(22)25(30)31/h4-14,17,27H,1-3H3,(H,28,29)(H,30,31). The average Bonchev–Trinajstić information content (AvgIpc) is 2.73. The van der Waals surface area contributed by atoms with E-state index in [2.05, 4.69) is 22.5 Å². The zero-order chi connectivity index (χ0) is 22.4. The number of carboxylic acids is 1. The van der Waals surface area contributed by atoms with Gasteiger partial charge in [-0.25, -0.2) is 4.79 Å². The van der Waals surface area contributed by atoms with Crippen LogP contribution < -0.4 is 10.6 Å². The Kier molecular flexibility index (Phi) is 6.42. The number of para-hydroxylation sites is 2. The molecule has 5 nitrogen and oxygen atoms in total. The van der Waals surface area contributed by atoms with E-state index in [0.717, 1.165) is 11.3 Å². The summed E-state index contributed by atoms with van der Waals surface area (Å²) in [5, 5.41) is 15.4. The van der Waals surface area contributed by atoms with E-state index in [0.29, 0.717) is 11.3 Å². The van der Waals surface area contributed by atoms with Crippen molar-refractivity contribution in [1.29, 1.82) is 0 Å². The normalized spacial score (nSPS) is 10.5. The van der Waals surface area contributed by atoms with Crippen LogP contribution in [0.4, 0.5) is 17.1 Å². The predicted molar refractivity (Wildman–Crippen MR) is 124 cm³/mol. The summed E-state index contributed by atoms with van der Waals surface area (Å²) >= 11 is 0. The Labute approximate surface area is 182 Å². The van der Waals surface area contributed by atoms with Crippen LogP contribution in [0.25, 0.3) is 0 Å². The topological polar surface area (TPSA) is 78.4 Å².